The van der Waals surface area contributed by atoms with E-state index in [0.717, 1.165) is 5.92 Å². The fourth-order valence-electron chi connectivity index (χ4n) is 2.70. The average molecular weight is 253 g/mol. The van der Waals surface area contributed by atoms with Crippen LogP contribution in [0.25, 0.3) is 0 Å². The topological polar surface area (TPSA) is 42.2 Å². The van der Waals surface area contributed by atoms with Crippen LogP contribution < -0.4 is 10.6 Å². The molecular formula is C13H23N3S. The van der Waals surface area contributed by atoms with Gasteiger partial charge in [0.2, 0.25) is 0 Å². The first kappa shape index (κ1) is 12.7. The second-order valence-corrected chi connectivity index (χ2v) is 5.82. The molecule has 96 valence electrons. The number of hydrogen-bond acceptors (Lipinski definition) is 4. The zero-order valence-corrected chi connectivity index (χ0v) is 11.7. The summed E-state index contributed by atoms with van der Waals surface area (Å²) in [5.41, 5.74) is 7.00. The second kappa shape index (κ2) is 5.71. The van der Waals surface area contributed by atoms with E-state index in [0.29, 0.717) is 5.82 Å². The molecule has 1 atom stereocenters. The van der Waals surface area contributed by atoms with E-state index in [-0.39, 0.29) is 0 Å². The molecule has 0 amide bonds. The number of hydrogen-bond donors (Lipinski definition) is 1. The molecule has 0 bridgehead atoms. The van der Waals surface area contributed by atoms with Crippen molar-refractivity contribution in [2.45, 2.75) is 46.0 Å². The molecule has 2 heterocycles. The van der Waals surface area contributed by atoms with E-state index in [1.54, 1.807) is 11.5 Å². The first-order valence-electron chi connectivity index (χ1n) is 6.69. The van der Waals surface area contributed by atoms with Gasteiger partial charge < -0.3 is 10.6 Å². The van der Waals surface area contributed by atoms with Gasteiger partial charge in [-0.25, -0.2) is 0 Å². The van der Waals surface area contributed by atoms with Crippen molar-refractivity contribution < 1.29 is 0 Å². The lowest BCUT2D eigenvalue weighted by molar-refractivity contribution is 0.435. The Bertz CT molecular complexity index is 362. The van der Waals surface area contributed by atoms with Crippen LogP contribution >= 0.6 is 11.5 Å². The normalized spacial score (nSPS) is 21.5. The summed E-state index contributed by atoms with van der Waals surface area (Å²) in [6.45, 7) is 6.72. The van der Waals surface area contributed by atoms with Crippen molar-refractivity contribution in [1.29, 1.82) is 0 Å². The third-order valence-electron chi connectivity index (χ3n) is 3.77. The van der Waals surface area contributed by atoms with Crippen molar-refractivity contribution in [2.24, 2.45) is 5.92 Å². The van der Waals surface area contributed by atoms with Gasteiger partial charge in [0.15, 0.2) is 0 Å². The van der Waals surface area contributed by atoms with E-state index >= 15 is 0 Å². The van der Waals surface area contributed by atoms with Crippen LogP contribution in [0.3, 0.4) is 0 Å². The maximum absolute atomic E-state index is 5.83. The van der Waals surface area contributed by atoms with Crippen LogP contribution in [0.1, 0.15) is 44.6 Å². The molecule has 1 saturated heterocycles. The first-order valence-corrected chi connectivity index (χ1v) is 7.46. The molecule has 1 aromatic heterocycles. The van der Waals surface area contributed by atoms with Gasteiger partial charge in [-0.2, -0.15) is 4.37 Å². The van der Waals surface area contributed by atoms with E-state index < -0.39 is 0 Å². The fourth-order valence-corrected chi connectivity index (χ4v) is 3.56. The summed E-state index contributed by atoms with van der Waals surface area (Å²) in [6.07, 6.45) is 6.72. The maximum Gasteiger partial charge on any atom is 0.142 e. The van der Waals surface area contributed by atoms with E-state index in [4.69, 9.17) is 5.73 Å². The highest BCUT2D eigenvalue weighted by molar-refractivity contribution is 7.10. The van der Waals surface area contributed by atoms with Crippen molar-refractivity contribution in [2.75, 3.05) is 23.7 Å². The van der Waals surface area contributed by atoms with Gasteiger partial charge in [-0.15, -0.1) is 0 Å². The van der Waals surface area contributed by atoms with Crippen molar-refractivity contribution in [3.05, 3.63) is 5.56 Å². The van der Waals surface area contributed by atoms with Gasteiger partial charge in [0, 0.05) is 18.7 Å². The predicted molar refractivity (Wildman–Crippen MR) is 75.7 cm³/mol. The first-order chi connectivity index (χ1) is 8.22. The molecule has 0 saturated carbocycles. The van der Waals surface area contributed by atoms with Gasteiger partial charge in [0.05, 0.1) is 0 Å². The average Bonchev–Trinajstić information content (AvgIpc) is 2.55. The van der Waals surface area contributed by atoms with Gasteiger partial charge in [-0.05, 0) is 43.6 Å². The van der Waals surface area contributed by atoms with Crippen molar-refractivity contribution in [3.63, 3.8) is 0 Å². The van der Waals surface area contributed by atoms with Crippen LogP contribution in [0.2, 0.25) is 0 Å². The fraction of sp³-hybridized carbons (Fsp3) is 0.769. The van der Waals surface area contributed by atoms with Crippen LogP contribution in [0.15, 0.2) is 0 Å². The largest absolute Gasteiger partial charge is 0.383 e. The number of anilines is 2. The van der Waals surface area contributed by atoms with Crippen LogP contribution in [0.5, 0.6) is 0 Å². The Balaban J connectivity index is 2.01. The Hall–Kier alpha value is -0.770. The van der Waals surface area contributed by atoms with Crippen LogP contribution in [-0.4, -0.2) is 17.5 Å². The van der Waals surface area contributed by atoms with E-state index in [1.807, 2.05) is 0 Å². The SMILES string of the molecule is CCCC1CCCN(c2snc(N)c2C)CC1. The summed E-state index contributed by atoms with van der Waals surface area (Å²) in [5.74, 6) is 1.63. The third-order valence-corrected chi connectivity index (χ3v) is 4.79. The molecule has 1 fully saturated rings. The Kier molecular flexibility index (Phi) is 4.26. The van der Waals surface area contributed by atoms with Gasteiger partial charge in [0.25, 0.3) is 0 Å². The molecular weight excluding hydrogens is 230 g/mol. The van der Waals surface area contributed by atoms with E-state index in [9.17, 15) is 0 Å². The highest BCUT2D eigenvalue weighted by Crippen LogP contribution is 2.32. The molecule has 4 heteroatoms. The standard InChI is InChI=1S/C13H23N3S/c1-3-5-11-6-4-8-16(9-7-11)13-10(2)12(14)15-17-13/h11H,3-9H2,1-2H3,(H2,14,15). The minimum atomic E-state index is 0.708. The third kappa shape index (κ3) is 2.92. The lowest BCUT2D eigenvalue weighted by atomic mass is 9.96. The summed E-state index contributed by atoms with van der Waals surface area (Å²) in [7, 11) is 0. The number of rotatable bonds is 3. The number of nitrogen functional groups attached to an aromatic ring is 1. The molecule has 2 rings (SSSR count). The van der Waals surface area contributed by atoms with Gasteiger partial charge in [0.1, 0.15) is 10.8 Å². The minimum absolute atomic E-state index is 0.708. The second-order valence-electron chi connectivity index (χ2n) is 5.07. The molecule has 0 aromatic carbocycles. The van der Waals surface area contributed by atoms with Crippen molar-refractivity contribution in [1.82, 2.24) is 4.37 Å². The molecule has 17 heavy (non-hydrogen) atoms. The number of nitrogens with two attached hydrogens (primary N) is 1. The summed E-state index contributed by atoms with van der Waals surface area (Å²) in [5, 5.41) is 1.29. The van der Waals surface area contributed by atoms with Gasteiger partial charge in [-0.1, -0.05) is 19.8 Å². The molecule has 0 spiro atoms. The minimum Gasteiger partial charge on any atom is -0.383 e. The Morgan fingerprint density at radius 1 is 1.41 bits per heavy atom. The Morgan fingerprint density at radius 3 is 2.88 bits per heavy atom. The molecule has 2 N–H and O–H groups in total. The lowest BCUT2D eigenvalue weighted by Gasteiger charge is -2.21. The van der Waals surface area contributed by atoms with Crippen LogP contribution in [-0.2, 0) is 0 Å². The molecule has 1 aliphatic heterocycles. The summed E-state index contributed by atoms with van der Waals surface area (Å²) >= 11 is 1.56. The smallest absolute Gasteiger partial charge is 0.142 e. The van der Waals surface area contributed by atoms with E-state index in [2.05, 4.69) is 23.1 Å². The predicted octanol–water partition coefficient (Wildman–Crippen LogP) is 3.44. The van der Waals surface area contributed by atoms with Crippen molar-refractivity contribution in [3.8, 4) is 0 Å². The molecule has 1 unspecified atom stereocenters. The van der Waals surface area contributed by atoms with Gasteiger partial charge >= 0.3 is 0 Å². The highest BCUT2D eigenvalue weighted by atomic mass is 32.1. The number of nitrogens with zero attached hydrogens (tertiary/aromatic N) is 2. The van der Waals surface area contributed by atoms with Crippen molar-refractivity contribution >= 4 is 22.4 Å². The number of aromatic nitrogens is 1. The van der Waals surface area contributed by atoms with Gasteiger partial charge in [-0.3, -0.25) is 0 Å². The van der Waals surface area contributed by atoms with Crippen LogP contribution in [0, 0.1) is 12.8 Å². The molecule has 1 aliphatic rings. The molecule has 1 aromatic rings. The zero-order valence-electron chi connectivity index (χ0n) is 10.9. The Morgan fingerprint density at radius 2 is 2.24 bits per heavy atom. The quantitative estimate of drug-likeness (QED) is 0.897. The zero-order chi connectivity index (χ0) is 12.3. The highest BCUT2D eigenvalue weighted by Gasteiger charge is 2.20. The summed E-state index contributed by atoms with van der Waals surface area (Å²) < 4.78 is 4.26. The molecule has 0 aliphatic carbocycles. The maximum atomic E-state index is 5.83. The lowest BCUT2D eigenvalue weighted by Crippen LogP contribution is -2.23. The van der Waals surface area contributed by atoms with Crippen LogP contribution in [0.4, 0.5) is 10.8 Å². The molecule has 0 radical (unpaired) electrons. The molecule has 3 nitrogen and oxygen atoms in total. The monoisotopic (exact) mass is 253 g/mol. The Labute approximate surface area is 108 Å². The summed E-state index contributed by atoms with van der Waals surface area (Å²) in [6, 6.07) is 0. The summed E-state index contributed by atoms with van der Waals surface area (Å²) in [4.78, 5) is 2.49. The van der Waals surface area contributed by atoms with E-state index in [1.165, 1.54) is 55.8 Å².